The predicted octanol–water partition coefficient (Wildman–Crippen LogP) is 3.58. The number of carbonyl (C=O) groups excluding carboxylic acids is 1. The third-order valence-electron chi connectivity index (χ3n) is 5.56. The Bertz CT molecular complexity index is 1170. The number of esters is 1. The molecule has 0 bridgehead atoms. The smallest absolute Gasteiger partial charge is 0.341 e. The molecule has 8 heteroatoms. The summed E-state index contributed by atoms with van der Waals surface area (Å²) < 4.78 is 29.1. The van der Waals surface area contributed by atoms with Crippen molar-refractivity contribution in [3.63, 3.8) is 0 Å². The Morgan fingerprint density at radius 2 is 2.03 bits per heavy atom. The van der Waals surface area contributed by atoms with Gasteiger partial charge < -0.3 is 9.84 Å². The summed E-state index contributed by atoms with van der Waals surface area (Å²) in [6, 6.07) is 13.0. The molecule has 0 amide bonds. The van der Waals surface area contributed by atoms with Crippen LogP contribution in [0.25, 0.3) is 10.8 Å². The van der Waals surface area contributed by atoms with Crippen molar-refractivity contribution in [1.29, 1.82) is 0 Å². The van der Waals surface area contributed by atoms with Crippen LogP contribution in [0.2, 0.25) is 0 Å². The first-order chi connectivity index (χ1) is 14.4. The van der Waals surface area contributed by atoms with E-state index in [4.69, 9.17) is 4.74 Å². The van der Waals surface area contributed by atoms with E-state index < -0.39 is 15.8 Å². The van der Waals surface area contributed by atoms with Gasteiger partial charge in [0.05, 0.1) is 18.6 Å². The molecule has 1 aromatic heterocycles. The maximum Gasteiger partial charge on any atom is 0.341 e. The van der Waals surface area contributed by atoms with Gasteiger partial charge >= 0.3 is 5.97 Å². The number of benzene rings is 2. The molecule has 1 fully saturated rings. The summed E-state index contributed by atoms with van der Waals surface area (Å²) in [6.45, 7) is 0.906. The molecule has 1 N–H and O–H groups in total. The molecule has 0 aliphatic carbocycles. The van der Waals surface area contributed by atoms with Crippen LogP contribution in [0.4, 0.5) is 0 Å². The van der Waals surface area contributed by atoms with Gasteiger partial charge in [-0.15, -0.1) is 11.3 Å². The molecule has 1 saturated heterocycles. The highest BCUT2D eigenvalue weighted by Crippen LogP contribution is 2.34. The minimum Gasteiger partial charge on any atom is -0.507 e. The van der Waals surface area contributed by atoms with Crippen LogP contribution >= 0.6 is 11.3 Å². The summed E-state index contributed by atoms with van der Waals surface area (Å²) in [7, 11) is -1.78. The summed E-state index contributed by atoms with van der Waals surface area (Å²) in [5.41, 5.74) is 0.718. The van der Waals surface area contributed by atoms with Crippen LogP contribution in [0.5, 0.6) is 5.75 Å². The average molecular weight is 446 g/mol. The SMILES string of the molecule is COC(=O)c1cc2ccccc2c(CN(Cc2cccs2)[C@H]2CCS(=O)(=O)C2)c1O. The molecule has 1 aliphatic heterocycles. The minimum atomic E-state index is -3.06. The van der Waals surface area contributed by atoms with Gasteiger partial charge in [0.2, 0.25) is 0 Å². The van der Waals surface area contributed by atoms with Gasteiger partial charge in [-0.3, -0.25) is 4.90 Å². The molecule has 0 radical (unpaired) electrons. The Labute approximate surface area is 179 Å². The van der Waals surface area contributed by atoms with E-state index in [1.807, 2.05) is 41.8 Å². The predicted molar refractivity (Wildman–Crippen MR) is 118 cm³/mol. The van der Waals surface area contributed by atoms with Gasteiger partial charge in [-0.05, 0) is 34.7 Å². The number of sulfone groups is 1. The van der Waals surface area contributed by atoms with E-state index >= 15 is 0 Å². The number of thiophene rings is 1. The van der Waals surface area contributed by atoms with Crippen LogP contribution in [-0.4, -0.2) is 49.1 Å². The molecule has 0 saturated carbocycles. The third-order valence-corrected chi connectivity index (χ3v) is 8.17. The number of fused-ring (bicyclic) bond motifs is 1. The molecule has 2 heterocycles. The van der Waals surface area contributed by atoms with Crippen LogP contribution in [0.15, 0.2) is 47.8 Å². The highest BCUT2D eigenvalue weighted by molar-refractivity contribution is 7.91. The van der Waals surface area contributed by atoms with Crippen molar-refractivity contribution in [1.82, 2.24) is 4.90 Å². The van der Waals surface area contributed by atoms with Gasteiger partial charge in [-0.1, -0.05) is 30.3 Å². The molecule has 30 heavy (non-hydrogen) atoms. The zero-order valence-corrected chi connectivity index (χ0v) is 18.2. The van der Waals surface area contributed by atoms with Gasteiger partial charge in [0.25, 0.3) is 0 Å². The van der Waals surface area contributed by atoms with Crippen LogP contribution in [0, 0.1) is 0 Å². The van der Waals surface area contributed by atoms with E-state index in [-0.39, 0.29) is 28.9 Å². The Balaban J connectivity index is 1.78. The maximum atomic E-state index is 12.2. The van der Waals surface area contributed by atoms with E-state index in [2.05, 4.69) is 4.90 Å². The van der Waals surface area contributed by atoms with E-state index in [0.29, 0.717) is 25.1 Å². The maximum absolute atomic E-state index is 12.2. The molecular formula is C22H23NO5S2. The Hall–Kier alpha value is -2.42. The highest BCUT2D eigenvalue weighted by atomic mass is 32.2. The molecule has 1 atom stereocenters. The molecule has 158 valence electrons. The molecule has 0 unspecified atom stereocenters. The van der Waals surface area contributed by atoms with E-state index in [9.17, 15) is 18.3 Å². The lowest BCUT2D eigenvalue weighted by Crippen LogP contribution is -2.35. The van der Waals surface area contributed by atoms with E-state index in [1.54, 1.807) is 17.4 Å². The van der Waals surface area contributed by atoms with Crippen molar-refractivity contribution in [3.05, 3.63) is 63.8 Å². The first kappa shape index (κ1) is 20.8. The first-order valence-electron chi connectivity index (χ1n) is 9.66. The lowest BCUT2D eigenvalue weighted by atomic mass is 9.98. The molecule has 3 aromatic rings. The number of aromatic hydroxyl groups is 1. The monoisotopic (exact) mass is 445 g/mol. The number of nitrogens with zero attached hydrogens (tertiary/aromatic N) is 1. The first-order valence-corrected chi connectivity index (χ1v) is 12.4. The quantitative estimate of drug-likeness (QED) is 0.584. The number of phenols is 1. The van der Waals surface area contributed by atoms with Crippen molar-refractivity contribution >= 4 is 37.9 Å². The normalized spacial score (nSPS) is 18.1. The molecule has 1 aliphatic rings. The fraction of sp³-hybridized carbons (Fsp3) is 0.318. The molecule has 2 aromatic carbocycles. The summed E-state index contributed by atoms with van der Waals surface area (Å²) in [6.07, 6.45) is 0.559. The van der Waals surface area contributed by atoms with Crippen molar-refractivity contribution in [2.45, 2.75) is 25.6 Å². The second kappa shape index (κ2) is 8.37. The number of ether oxygens (including phenoxy) is 1. The van der Waals surface area contributed by atoms with Gasteiger partial charge in [-0.2, -0.15) is 0 Å². The van der Waals surface area contributed by atoms with Crippen molar-refractivity contribution < 1.29 is 23.1 Å². The Kier molecular flexibility index (Phi) is 5.81. The second-order valence-corrected chi connectivity index (χ2v) is 10.8. The molecule has 0 spiro atoms. The lowest BCUT2D eigenvalue weighted by molar-refractivity contribution is 0.0597. The Morgan fingerprint density at radius 3 is 2.70 bits per heavy atom. The summed E-state index contributed by atoms with van der Waals surface area (Å²) in [5, 5.41) is 14.6. The molecule has 4 rings (SSSR count). The van der Waals surface area contributed by atoms with Crippen molar-refractivity contribution in [3.8, 4) is 5.75 Å². The average Bonchev–Trinajstić information content (AvgIpc) is 3.37. The fourth-order valence-corrected chi connectivity index (χ4v) is 6.51. The third kappa shape index (κ3) is 4.21. The fourth-order valence-electron chi connectivity index (χ4n) is 4.02. The van der Waals surface area contributed by atoms with Gasteiger partial charge in [0, 0.05) is 29.6 Å². The number of carbonyl (C=O) groups is 1. The van der Waals surface area contributed by atoms with Crippen molar-refractivity contribution in [2.24, 2.45) is 0 Å². The van der Waals surface area contributed by atoms with Gasteiger partial charge in [-0.25, -0.2) is 13.2 Å². The van der Waals surface area contributed by atoms with Crippen LogP contribution in [0.1, 0.15) is 27.2 Å². The van der Waals surface area contributed by atoms with Crippen LogP contribution < -0.4 is 0 Å². The topological polar surface area (TPSA) is 83.9 Å². The number of hydrogen-bond donors (Lipinski definition) is 1. The van der Waals surface area contributed by atoms with Crippen LogP contribution in [-0.2, 0) is 27.7 Å². The number of hydrogen-bond acceptors (Lipinski definition) is 7. The highest BCUT2D eigenvalue weighted by Gasteiger charge is 2.33. The number of methoxy groups -OCH3 is 1. The van der Waals surface area contributed by atoms with E-state index in [1.165, 1.54) is 7.11 Å². The largest absolute Gasteiger partial charge is 0.507 e. The zero-order chi connectivity index (χ0) is 21.3. The van der Waals surface area contributed by atoms with Crippen LogP contribution in [0.3, 0.4) is 0 Å². The van der Waals surface area contributed by atoms with Gasteiger partial charge in [0.1, 0.15) is 11.3 Å². The standard InChI is InChI=1S/C22H23NO5S2/c1-28-22(25)19-11-15-5-2-3-7-18(15)20(21(19)24)13-23(12-17-6-4-9-29-17)16-8-10-30(26,27)14-16/h2-7,9,11,16,24H,8,10,12-14H2,1H3/t16-/m0/s1. The Morgan fingerprint density at radius 1 is 1.23 bits per heavy atom. The van der Waals surface area contributed by atoms with Crippen molar-refractivity contribution in [2.75, 3.05) is 18.6 Å². The summed E-state index contributed by atoms with van der Waals surface area (Å²) >= 11 is 1.61. The lowest BCUT2D eigenvalue weighted by Gasteiger charge is -2.29. The van der Waals surface area contributed by atoms with Gasteiger partial charge in [0.15, 0.2) is 9.84 Å². The molecule has 6 nitrogen and oxygen atoms in total. The van der Waals surface area contributed by atoms with E-state index in [0.717, 1.165) is 15.6 Å². The summed E-state index contributed by atoms with van der Waals surface area (Å²) in [4.78, 5) is 15.5. The second-order valence-electron chi connectivity index (χ2n) is 7.51. The molecular weight excluding hydrogens is 422 g/mol. The minimum absolute atomic E-state index is 0.105. The summed E-state index contributed by atoms with van der Waals surface area (Å²) in [5.74, 6) is -0.438. The zero-order valence-electron chi connectivity index (χ0n) is 16.6. The number of rotatable bonds is 6. The number of phenolic OH excluding ortho intramolecular Hbond substituents is 1.